The molecule has 3 rings (SSSR count). The number of nitrogens with one attached hydrogen (secondary N) is 1. The third kappa shape index (κ3) is 2.72. The van der Waals surface area contributed by atoms with Crippen molar-refractivity contribution in [2.45, 2.75) is 19.5 Å². The van der Waals surface area contributed by atoms with Gasteiger partial charge in [-0.05, 0) is 25.1 Å². The molecule has 2 aromatic carbocycles. The van der Waals surface area contributed by atoms with E-state index in [0.717, 1.165) is 22.9 Å². The number of nitrogens with zero attached hydrogens (tertiary/aromatic N) is 2. The summed E-state index contributed by atoms with van der Waals surface area (Å²) in [7, 11) is 1.95. The molecule has 22 heavy (non-hydrogen) atoms. The number of para-hydroxylation sites is 2. The number of benzene rings is 2. The van der Waals surface area contributed by atoms with Gasteiger partial charge in [-0.25, -0.2) is 13.8 Å². The Kier molecular flexibility index (Phi) is 3.90. The van der Waals surface area contributed by atoms with Crippen LogP contribution in [0.25, 0.3) is 11.0 Å². The van der Waals surface area contributed by atoms with E-state index >= 15 is 0 Å². The molecule has 0 spiro atoms. The summed E-state index contributed by atoms with van der Waals surface area (Å²) in [5.74, 6) is -0.232. The first-order valence-corrected chi connectivity index (χ1v) is 7.15. The largest absolute Gasteiger partial charge is 0.330 e. The zero-order valence-electron chi connectivity index (χ0n) is 12.5. The predicted molar refractivity (Wildman–Crippen MR) is 82.3 cm³/mol. The molecule has 0 aliphatic rings. The van der Waals surface area contributed by atoms with Crippen LogP contribution in [0.2, 0.25) is 0 Å². The normalized spacial score (nSPS) is 12.7. The molecule has 1 N–H and O–H groups in total. The highest BCUT2D eigenvalue weighted by Crippen LogP contribution is 2.19. The third-order valence-electron chi connectivity index (χ3n) is 3.88. The second-order valence-electron chi connectivity index (χ2n) is 5.34. The number of hydrogen-bond acceptors (Lipinski definition) is 2. The molecule has 0 fully saturated rings. The molecule has 1 atom stereocenters. The fraction of sp³-hybridized carbons (Fsp3) is 0.235. The summed E-state index contributed by atoms with van der Waals surface area (Å²) < 4.78 is 28.7. The predicted octanol–water partition coefficient (Wildman–Crippen LogP) is 3.70. The van der Waals surface area contributed by atoms with Gasteiger partial charge >= 0.3 is 0 Å². The van der Waals surface area contributed by atoms with Crippen LogP contribution in [0.3, 0.4) is 0 Å². The van der Waals surface area contributed by atoms with Crippen LogP contribution in [-0.2, 0) is 13.6 Å². The Balaban J connectivity index is 1.77. The summed E-state index contributed by atoms with van der Waals surface area (Å²) >= 11 is 0. The van der Waals surface area contributed by atoms with Crippen LogP contribution in [0.15, 0.2) is 42.5 Å². The van der Waals surface area contributed by atoms with Crippen molar-refractivity contribution in [1.29, 1.82) is 0 Å². The summed E-state index contributed by atoms with van der Waals surface area (Å²) in [6.45, 7) is 2.35. The minimum absolute atomic E-state index is 0.236. The monoisotopic (exact) mass is 301 g/mol. The Bertz CT molecular complexity index is 811. The van der Waals surface area contributed by atoms with Crippen LogP contribution >= 0.6 is 0 Å². The number of rotatable bonds is 4. The summed E-state index contributed by atoms with van der Waals surface area (Å²) in [4.78, 5) is 4.56. The van der Waals surface area contributed by atoms with E-state index in [9.17, 15) is 8.78 Å². The number of aromatic nitrogens is 2. The maximum absolute atomic E-state index is 13.8. The molecule has 5 heteroatoms. The maximum atomic E-state index is 13.8. The van der Waals surface area contributed by atoms with Gasteiger partial charge in [0.15, 0.2) is 0 Å². The van der Waals surface area contributed by atoms with Crippen molar-refractivity contribution in [1.82, 2.24) is 14.9 Å². The van der Waals surface area contributed by atoms with Gasteiger partial charge in [0.05, 0.1) is 17.6 Å². The summed E-state index contributed by atoms with van der Waals surface area (Å²) in [5.41, 5.74) is 2.43. The number of aryl methyl sites for hydroxylation is 1. The standard InChI is InChI=1S/C17H17F2N3/c1-11(13-8-7-12(18)9-14(13)19)20-10-17-21-15-5-3-4-6-16(15)22(17)2/h3-9,11,20H,10H2,1-2H3. The van der Waals surface area contributed by atoms with Gasteiger partial charge in [-0.3, -0.25) is 0 Å². The molecule has 114 valence electrons. The average Bonchev–Trinajstić information content (AvgIpc) is 2.82. The van der Waals surface area contributed by atoms with E-state index in [1.807, 2.05) is 42.8 Å². The summed E-state index contributed by atoms with van der Waals surface area (Å²) in [6, 6.07) is 11.3. The van der Waals surface area contributed by atoms with Crippen molar-refractivity contribution < 1.29 is 8.78 Å². The molecule has 0 saturated carbocycles. The Morgan fingerprint density at radius 2 is 1.95 bits per heavy atom. The van der Waals surface area contributed by atoms with Gasteiger partial charge in [0.25, 0.3) is 0 Å². The zero-order valence-corrected chi connectivity index (χ0v) is 12.5. The van der Waals surface area contributed by atoms with Gasteiger partial charge in [0.2, 0.25) is 0 Å². The smallest absolute Gasteiger partial charge is 0.130 e. The highest BCUT2D eigenvalue weighted by molar-refractivity contribution is 5.75. The van der Waals surface area contributed by atoms with E-state index in [1.165, 1.54) is 12.1 Å². The van der Waals surface area contributed by atoms with Gasteiger partial charge in [-0.1, -0.05) is 18.2 Å². The average molecular weight is 301 g/mol. The first-order valence-electron chi connectivity index (χ1n) is 7.15. The molecular formula is C17H17F2N3. The van der Waals surface area contributed by atoms with Crippen molar-refractivity contribution in [3.05, 3.63) is 65.5 Å². The van der Waals surface area contributed by atoms with Crippen LogP contribution in [0.1, 0.15) is 24.4 Å². The molecule has 1 aromatic heterocycles. The summed E-state index contributed by atoms with van der Waals surface area (Å²) in [5, 5.41) is 3.23. The minimum Gasteiger partial charge on any atom is -0.330 e. The van der Waals surface area contributed by atoms with Crippen molar-refractivity contribution >= 4 is 11.0 Å². The van der Waals surface area contributed by atoms with Crippen LogP contribution in [0.4, 0.5) is 8.78 Å². The number of halogens is 2. The molecule has 3 aromatic rings. The molecule has 1 unspecified atom stereocenters. The van der Waals surface area contributed by atoms with Gasteiger partial charge in [0, 0.05) is 24.7 Å². The van der Waals surface area contributed by atoms with E-state index < -0.39 is 11.6 Å². The molecule has 1 heterocycles. The first kappa shape index (κ1) is 14.7. The lowest BCUT2D eigenvalue weighted by Gasteiger charge is -2.15. The van der Waals surface area contributed by atoms with E-state index in [4.69, 9.17) is 0 Å². The topological polar surface area (TPSA) is 29.9 Å². The number of fused-ring (bicyclic) bond motifs is 1. The van der Waals surface area contributed by atoms with Gasteiger partial charge < -0.3 is 9.88 Å². The molecule has 0 aliphatic carbocycles. The lowest BCUT2D eigenvalue weighted by molar-refractivity contribution is 0.508. The SMILES string of the molecule is CC(NCc1nc2ccccc2n1C)c1ccc(F)cc1F. The van der Waals surface area contributed by atoms with Crippen molar-refractivity contribution in [2.75, 3.05) is 0 Å². The fourth-order valence-corrected chi connectivity index (χ4v) is 2.56. The summed E-state index contributed by atoms with van der Waals surface area (Å²) in [6.07, 6.45) is 0. The Hall–Kier alpha value is -2.27. The van der Waals surface area contributed by atoms with Crippen molar-refractivity contribution in [2.24, 2.45) is 7.05 Å². The van der Waals surface area contributed by atoms with Gasteiger partial charge in [-0.15, -0.1) is 0 Å². The molecule has 0 radical (unpaired) electrons. The second kappa shape index (κ2) is 5.85. The fourth-order valence-electron chi connectivity index (χ4n) is 2.56. The van der Waals surface area contributed by atoms with Gasteiger partial charge in [0.1, 0.15) is 17.5 Å². The van der Waals surface area contributed by atoms with Crippen molar-refractivity contribution in [3.8, 4) is 0 Å². The number of hydrogen-bond donors (Lipinski definition) is 1. The van der Waals surface area contributed by atoms with Crippen LogP contribution in [0.5, 0.6) is 0 Å². The van der Waals surface area contributed by atoms with Crippen molar-refractivity contribution in [3.63, 3.8) is 0 Å². The lowest BCUT2D eigenvalue weighted by Crippen LogP contribution is -2.21. The minimum atomic E-state index is -0.566. The highest BCUT2D eigenvalue weighted by Gasteiger charge is 2.13. The molecule has 0 bridgehead atoms. The lowest BCUT2D eigenvalue weighted by atomic mass is 10.1. The zero-order chi connectivity index (χ0) is 15.7. The number of imidazole rings is 1. The second-order valence-corrected chi connectivity index (χ2v) is 5.34. The van der Waals surface area contributed by atoms with E-state index in [-0.39, 0.29) is 6.04 Å². The highest BCUT2D eigenvalue weighted by atomic mass is 19.1. The van der Waals surface area contributed by atoms with Crippen LogP contribution in [-0.4, -0.2) is 9.55 Å². The molecule has 0 saturated heterocycles. The Morgan fingerprint density at radius 1 is 1.18 bits per heavy atom. The first-order chi connectivity index (χ1) is 10.6. The van der Waals surface area contributed by atoms with E-state index in [1.54, 1.807) is 0 Å². The van der Waals surface area contributed by atoms with E-state index in [2.05, 4.69) is 10.3 Å². The Labute approximate surface area is 127 Å². The van der Waals surface area contributed by atoms with Gasteiger partial charge in [-0.2, -0.15) is 0 Å². The quantitative estimate of drug-likeness (QED) is 0.796. The molecular weight excluding hydrogens is 284 g/mol. The molecule has 3 nitrogen and oxygen atoms in total. The maximum Gasteiger partial charge on any atom is 0.130 e. The van der Waals surface area contributed by atoms with Crippen LogP contribution in [0, 0.1) is 11.6 Å². The molecule has 0 aliphatic heterocycles. The van der Waals surface area contributed by atoms with Crippen LogP contribution < -0.4 is 5.32 Å². The third-order valence-corrected chi connectivity index (χ3v) is 3.88. The Morgan fingerprint density at radius 3 is 2.68 bits per heavy atom. The van der Waals surface area contributed by atoms with E-state index in [0.29, 0.717) is 12.1 Å². The molecule has 0 amide bonds.